The molecule has 2 aliphatic rings. The van der Waals surface area contributed by atoms with Gasteiger partial charge in [0.15, 0.2) is 0 Å². The zero-order chi connectivity index (χ0) is 14.8. The van der Waals surface area contributed by atoms with Gasteiger partial charge in [0.25, 0.3) is 0 Å². The molecule has 0 unspecified atom stereocenters. The van der Waals surface area contributed by atoms with E-state index in [1.807, 2.05) is 0 Å². The summed E-state index contributed by atoms with van der Waals surface area (Å²) >= 11 is 0. The summed E-state index contributed by atoms with van der Waals surface area (Å²) in [5, 5.41) is 1.59. The minimum atomic E-state index is -0.497. The predicted molar refractivity (Wildman–Crippen MR) is 94.2 cm³/mol. The van der Waals surface area contributed by atoms with E-state index in [-0.39, 0.29) is 46.5 Å². The second-order valence-corrected chi connectivity index (χ2v) is 8.63. The molecule has 24 heavy (non-hydrogen) atoms. The molecule has 0 heterocycles. The maximum absolute atomic E-state index is 3.72. The fourth-order valence-corrected chi connectivity index (χ4v) is 4.77. The second-order valence-electron chi connectivity index (χ2n) is 6.13. The van der Waals surface area contributed by atoms with Crippen molar-refractivity contribution in [1.29, 1.82) is 0 Å². The number of benzene rings is 1. The van der Waals surface area contributed by atoms with Crippen LogP contribution in [-0.2, 0) is 21.7 Å². The molecule has 0 fully saturated rings. The summed E-state index contributed by atoms with van der Waals surface area (Å²) in [5.41, 5.74) is 7.24. The standard InChI is InChI=1S/C20H23Si.2ClH.Ti/c1-4-5-9-15-11-8-13-17(15)19-14-16-10-6-7-12-18(16)20(19)21(2)3;;;/h6-8,10-12H,4-5,9,13H2,1-3H3;2*1H;/q-1;;;+3/p-2. The first-order chi connectivity index (χ1) is 10.2. The van der Waals surface area contributed by atoms with Gasteiger partial charge in [0.1, 0.15) is 0 Å². The maximum Gasteiger partial charge on any atom is 3.00 e. The zero-order valence-corrected chi connectivity index (χ0v) is 18.6. The summed E-state index contributed by atoms with van der Waals surface area (Å²) in [6, 6.07) is 8.77. The fourth-order valence-electron chi connectivity index (χ4n) is 3.30. The average Bonchev–Trinajstić information content (AvgIpc) is 3.08. The van der Waals surface area contributed by atoms with Crippen LogP contribution in [0.1, 0.15) is 43.7 Å². The first kappa shape index (κ1) is 23.8. The Morgan fingerprint density at radius 2 is 1.83 bits per heavy atom. The van der Waals surface area contributed by atoms with Gasteiger partial charge in [0.05, 0.1) is 0 Å². The fraction of sp³-hybridized carbons (Fsp3) is 0.350. The van der Waals surface area contributed by atoms with E-state index in [1.54, 1.807) is 16.3 Å². The van der Waals surface area contributed by atoms with Crippen molar-refractivity contribution in [1.82, 2.24) is 0 Å². The third-order valence-corrected chi connectivity index (χ3v) is 5.86. The van der Waals surface area contributed by atoms with E-state index >= 15 is 0 Å². The summed E-state index contributed by atoms with van der Waals surface area (Å²) in [5.74, 6) is 0. The third-order valence-electron chi connectivity index (χ3n) is 4.34. The monoisotopic (exact) mass is 409 g/mol. The van der Waals surface area contributed by atoms with Crippen molar-refractivity contribution < 1.29 is 46.5 Å². The molecule has 125 valence electrons. The molecule has 0 bridgehead atoms. The molecular formula is C20H23Cl2SiTi. The van der Waals surface area contributed by atoms with E-state index in [2.05, 4.69) is 62.5 Å². The molecule has 0 aromatic heterocycles. The summed E-state index contributed by atoms with van der Waals surface area (Å²) in [6.45, 7) is 7.07. The van der Waals surface area contributed by atoms with Crippen molar-refractivity contribution in [2.75, 3.05) is 0 Å². The van der Waals surface area contributed by atoms with Crippen molar-refractivity contribution in [3.05, 3.63) is 70.3 Å². The molecule has 4 heteroatoms. The smallest absolute Gasteiger partial charge is 1.00 e. The summed E-state index contributed by atoms with van der Waals surface area (Å²) in [4.78, 5) is 0. The molecule has 0 saturated carbocycles. The van der Waals surface area contributed by atoms with E-state index in [4.69, 9.17) is 0 Å². The van der Waals surface area contributed by atoms with Crippen LogP contribution in [0.25, 0.3) is 0 Å². The second kappa shape index (κ2) is 10.7. The molecule has 0 amide bonds. The van der Waals surface area contributed by atoms with Gasteiger partial charge >= 0.3 is 21.7 Å². The van der Waals surface area contributed by atoms with Gasteiger partial charge in [0.2, 0.25) is 0 Å². The van der Waals surface area contributed by atoms with Crippen molar-refractivity contribution in [3.8, 4) is 0 Å². The molecule has 3 rings (SSSR count). The number of hydrogen-bond acceptors (Lipinski definition) is 0. The number of allylic oxidation sites excluding steroid dienone is 5. The number of fused-ring (bicyclic) bond motifs is 1. The summed E-state index contributed by atoms with van der Waals surface area (Å²) in [6.07, 6.45) is 13.3. The number of hydrogen-bond donors (Lipinski definition) is 0. The van der Waals surface area contributed by atoms with Gasteiger partial charge < -0.3 is 24.8 Å². The predicted octanol–water partition coefficient (Wildman–Crippen LogP) is -0.913. The van der Waals surface area contributed by atoms with Crippen LogP contribution in [0.15, 0.2) is 53.1 Å². The van der Waals surface area contributed by atoms with E-state index < -0.39 is 8.41 Å². The number of halogens is 2. The molecule has 1 aromatic carbocycles. The van der Waals surface area contributed by atoms with Gasteiger partial charge in [-0.2, -0.15) is 0 Å². The quantitative estimate of drug-likeness (QED) is 0.446. The van der Waals surface area contributed by atoms with Crippen molar-refractivity contribution in [2.45, 2.75) is 45.7 Å². The van der Waals surface area contributed by atoms with Gasteiger partial charge in [0, 0.05) is 0 Å². The van der Waals surface area contributed by atoms with Gasteiger partial charge in [-0.05, 0) is 21.3 Å². The Morgan fingerprint density at radius 1 is 1.12 bits per heavy atom. The van der Waals surface area contributed by atoms with E-state index in [0.717, 1.165) is 6.42 Å². The third kappa shape index (κ3) is 4.71. The van der Waals surface area contributed by atoms with Crippen molar-refractivity contribution in [3.63, 3.8) is 0 Å². The van der Waals surface area contributed by atoms with Crippen molar-refractivity contribution in [2.24, 2.45) is 0 Å². The van der Waals surface area contributed by atoms with Crippen LogP contribution in [0.5, 0.6) is 0 Å². The normalized spacial score (nSPS) is 14.5. The number of unbranched alkanes of at least 4 members (excludes halogenated alkanes) is 1. The molecule has 0 N–H and O–H groups in total. The maximum atomic E-state index is 3.72. The van der Waals surface area contributed by atoms with Crippen LogP contribution >= 0.6 is 0 Å². The molecule has 0 saturated heterocycles. The number of rotatable bonds is 4. The minimum Gasteiger partial charge on any atom is -1.00 e. The Hall–Kier alpha value is -0.179. The topological polar surface area (TPSA) is 0 Å². The molecule has 1 aromatic rings. The van der Waals surface area contributed by atoms with E-state index in [0.29, 0.717) is 0 Å². The SMILES string of the molecule is CCCCC1=C(C2=[C-]c3ccccc3C2=[Si](C)C)CC=C1.[Cl-].[Cl-].[Ti+3]. The molecule has 1 radical (unpaired) electrons. The Bertz CT molecular complexity index is 695. The summed E-state index contributed by atoms with van der Waals surface area (Å²) < 4.78 is 0. The van der Waals surface area contributed by atoms with E-state index in [9.17, 15) is 0 Å². The van der Waals surface area contributed by atoms with Gasteiger partial charge in [-0.3, -0.25) is 0 Å². The molecule has 0 nitrogen and oxygen atoms in total. The van der Waals surface area contributed by atoms with Crippen LogP contribution < -0.4 is 24.8 Å². The van der Waals surface area contributed by atoms with Crippen LogP contribution in [0, 0.1) is 6.08 Å². The average molecular weight is 410 g/mol. The molecule has 0 aliphatic heterocycles. The largest absolute Gasteiger partial charge is 3.00 e. The van der Waals surface area contributed by atoms with Crippen LogP contribution in [0.2, 0.25) is 13.1 Å². The Morgan fingerprint density at radius 3 is 2.50 bits per heavy atom. The molecule has 2 aliphatic carbocycles. The van der Waals surface area contributed by atoms with E-state index in [1.165, 1.54) is 36.0 Å². The first-order valence-electron chi connectivity index (χ1n) is 8.02. The molecule has 0 spiro atoms. The summed E-state index contributed by atoms with van der Waals surface area (Å²) in [7, 11) is -0.497. The minimum absolute atomic E-state index is 0. The van der Waals surface area contributed by atoms with Crippen LogP contribution in [0.4, 0.5) is 0 Å². The van der Waals surface area contributed by atoms with Crippen LogP contribution in [-0.4, -0.2) is 13.6 Å². The Balaban J connectivity index is 0.00000176. The molecular weight excluding hydrogens is 387 g/mol. The van der Waals surface area contributed by atoms with Gasteiger partial charge in [-0.1, -0.05) is 74.4 Å². The Labute approximate surface area is 175 Å². The zero-order valence-electron chi connectivity index (χ0n) is 14.5. The van der Waals surface area contributed by atoms with Gasteiger partial charge in [-0.15, -0.1) is 34.0 Å². The van der Waals surface area contributed by atoms with Crippen molar-refractivity contribution >= 4 is 13.6 Å². The van der Waals surface area contributed by atoms with Gasteiger partial charge in [-0.25, -0.2) is 0 Å². The van der Waals surface area contributed by atoms with Crippen LogP contribution in [0.3, 0.4) is 0 Å². The molecule has 0 atom stereocenters. The Kier molecular flexibility index (Phi) is 10.7. The first-order valence-corrected chi connectivity index (χ1v) is 10.5.